The van der Waals surface area contributed by atoms with Gasteiger partial charge in [-0.25, -0.2) is 0 Å². The first-order valence-electron chi connectivity index (χ1n) is 6.72. The predicted octanol–water partition coefficient (Wildman–Crippen LogP) is 2.49. The fourth-order valence-corrected chi connectivity index (χ4v) is 2.95. The number of nitrogens with zero attached hydrogens (tertiary/aromatic N) is 1. The van der Waals surface area contributed by atoms with Crippen molar-refractivity contribution in [3.63, 3.8) is 0 Å². The monoisotopic (exact) mass is 236 g/mol. The average molecular weight is 236 g/mol. The molecule has 3 nitrogen and oxygen atoms in total. The molecule has 1 aromatic heterocycles. The Labute approximate surface area is 104 Å². The summed E-state index contributed by atoms with van der Waals surface area (Å²) in [5.74, 6) is 0.812. The van der Waals surface area contributed by atoms with Gasteiger partial charge in [-0.2, -0.15) is 0 Å². The molecule has 1 aromatic rings. The zero-order valence-corrected chi connectivity index (χ0v) is 11.0. The Bertz CT molecular complexity index is 310. The minimum absolute atomic E-state index is 0.729. The van der Waals surface area contributed by atoms with E-state index in [-0.39, 0.29) is 0 Å². The maximum absolute atomic E-state index is 5.11. The second-order valence-electron chi connectivity index (χ2n) is 5.18. The Morgan fingerprint density at radius 2 is 2.35 bits per heavy atom. The number of rotatable bonds is 6. The summed E-state index contributed by atoms with van der Waals surface area (Å²) in [6, 6.07) is 2.78. The van der Waals surface area contributed by atoms with Crippen molar-refractivity contribution >= 4 is 0 Å². The molecule has 2 rings (SSSR count). The fraction of sp³-hybridized carbons (Fsp3) is 0.714. The second-order valence-corrected chi connectivity index (χ2v) is 5.18. The molecule has 17 heavy (non-hydrogen) atoms. The van der Waals surface area contributed by atoms with Gasteiger partial charge in [0.05, 0.1) is 12.5 Å². The second kappa shape index (κ2) is 6.22. The average Bonchev–Trinajstić information content (AvgIpc) is 2.92. The topological polar surface area (TPSA) is 28.4 Å². The van der Waals surface area contributed by atoms with Crippen LogP contribution in [0.25, 0.3) is 0 Å². The van der Waals surface area contributed by atoms with Gasteiger partial charge in [0.1, 0.15) is 0 Å². The molecule has 0 bridgehead atoms. The third-order valence-corrected chi connectivity index (χ3v) is 3.70. The lowest BCUT2D eigenvalue weighted by molar-refractivity contribution is 0.245. The van der Waals surface area contributed by atoms with Gasteiger partial charge in [-0.05, 0) is 38.4 Å². The lowest BCUT2D eigenvalue weighted by Crippen LogP contribution is -2.37. The molecular formula is C14H24N2O. The molecule has 1 N–H and O–H groups in total. The molecule has 2 atom stereocenters. The van der Waals surface area contributed by atoms with Crippen LogP contribution in [-0.2, 0) is 6.54 Å². The van der Waals surface area contributed by atoms with E-state index in [9.17, 15) is 0 Å². The Morgan fingerprint density at radius 1 is 1.47 bits per heavy atom. The van der Waals surface area contributed by atoms with Crippen LogP contribution in [0, 0.1) is 5.92 Å². The standard InChI is InChI=1S/C14H24N2O/c1-3-15-14-6-4-5-13(14)10-16(2)9-12-7-8-17-11-12/h7-8,11,13-15H,3-6,9-10H2,1-2H3. The molecule has 1 saturated carbocycles. The van der Waals surface area contributed by atoms with Crippen molar-refractivity contribution < 1.29 is 4.42 Å². The molecule has 1 aliphatic rings. The molecule has 0 amide bonds. The molecule has 3 heteroatoms. The van der Waals surface area contributed by atoms with Crippen molar-refractivity contribution in [1.82, 2.24) is 10.2 Å². The van der Waals surface area contributed by atoms with Crippen molar-refractivity contribution in [2.75, 3.05) is 20.1 Å². The van der Waals surface area contributed by atoms with Crippen molar-refractivity contribution in [1.29, 1.82) is 0 Å². The Morgan fingerprint density at radius 3 is 3.06 bits per heavy atom. The highest BCUT2D eigenvalue weighted by atomic mass is 16.3. The molecule has 96 valence electrons. The van der Waals surface area contributed by atoms with Gasteiger partial charge >= 0.3 is 0 Å². The molecule has 1 aliphatic carbocycles. The molecule has 0 radical (unpaired) electrons. The lowest BCUT2D eigenvalue weighted by Gasteiger charge is -2.25. The largest absolute Gasteiger partial charge is 0.472 e. The minimum Gasteiger partial charge on any atom is -0.472 e. The maximum atomic E-state index is 5.11. The van der Waals surface area contributed by atoms with Crippen molar-refractivity contribution in [2.45, 2.75) is 38.8 Å². The Kier molecular flexibility index (Phi) is 4.63. The molecular weight excluding hydrogens is 212 g/mol. The summed E-state index contributed by atoms with van der Waals surface area (Å²) in [5.41, 5.74) is 1.27. The SMILES string of the molecule is CCNC1CCCC1CN(C)Cc1ccoc1. The fourth-order valence-electron chi connectivity index (χ4n) is 2.95. The van der Waals surface area contributed by atoms with Crippen LogP contribution >= 0.6 is 0 Å². The van der Waals surface area contributed by atoms with Crippen LogP contribution < -0.4 is 5.32 Å². The van der Waals surface area contributed by atoms with Gasteiger partial charge < -0.3 is 14.6 Å². The van der Waals surface area contributed by atoms with Crippen LogP contribution in [0.15, 0.2) is 23.0 Å². The van der Waals surface area contributed by atoms with Gasteiger partial charge in [0.25, 0.3) is 0 Å². The zero-order valence-electron chi connectivity index (χ0n) is 11.0. The first-order chi connectivity index (χ1) is 8.29. The number of nitrogens with one attached hydrogen (secondary N) is 1. The number of hydrogen-bond donors (Lipinski definition) is 1. The van der Waals surface area contributed by atoms with E-state index in [2.05, 4.69) is 24.2 Å². The smallest absolute Gasteiger partial charge is 0.0947 e. The molecule has 1 heterocycles. The zero-order chi connectivity index (χ0) is 12.1. The van der Waals surface area contributed by atoms with Crippen LogP contribution in [0.1, 0.15) is 31.7 Å². The third-order valence-electron chi connectivity index (χ3n) is 3.70. The van der Waals surface area contributed by atoms with E-state index < -0.39 is 0 Å². The van der Waals surface area contributed by atoms with E-state index >= 15 is 0 Å². The highest BCUT2D eigenvalue weighted by Gasteiger charge is 2.27. The van der Waals surface area contributed by atoms with Gasteiger partial charge in [-0.15, -0.1) is 0 Å². The maximum Gasteiger partial charge on any atom is 0.0947 e. The molecule has 0 aromatic carbocycles. The van der Waals surface area contributed by atoms with Gasteiger partial charge in [0.15, 0.2) is 0 Å². The van der Waals surface area contributed by atoms with Crippen LogP contribution in [0.4, 0.5) is 0 Å². The quantitative estimate of drug-likeness (QED) is 0.822. The summed E-state index contributed by atoms with van der Waals surface area (Å²) in [7, 11) is 2.20. The number of hydrogen-bond acceptors (Lipinski definition) is 3. The molecule has 0 saturated heterocycles. The highest BCUT2D eigenvalue weighted by molar-refractivity contribution is 5.04. The normalized spacial score (nSPS) is 24.6. The van der Waals surface area contributed by atoms with E-state index in [1.165, 1.54) is 31.4 Å². The van der Waals surface area contributed by atoms with Gasteiger partial charge in [0, 0.05) is 24.7 Å². The van der Waals surface area contributed by atoms with Crippen molar-refractivity contribution in [3.05, 3.63) is 24.2 Å². The number of furan rings is 1. The minimum atomic E-state index is 0.729. The van der Waals surface area contributed by atoms with Gasteiger partial charge in [-0.1, -0.05) is 13.3 Å². The molecule has 0 aliphatic heterocycles. The summed E-state index contributed by atoms with van der Waals surface area (Å²) in [6.45, 7) is 5.46. The summed E-state index contributed by atoms with van der Waals surface area (Å²) >= 11 is 0. The third kappa shape index (κ3) is 3.58. The van der Waals surface area contributed by atoms with E-state index in [1.54, 1.807) is 6.26 Å². The van der Waals surface area contributed by atoms with Crippen LogP contribution in [0.3, 0.4) is 0 Å². The summed E-state index contributed by atoms with van der Waals surface area (Å²) in [5, 5.41) is 3.61. The first-order valence-corrected chi connectivity index (χ1v) is 6.72. The van der Waals surface area contributed by atoms with E-state index in [1.807, 2.05) is 12.3 Å². The Hall–Kier alpha value is -0.800. The summed E-state index contributed by atoms with van der Waals surface area (Å²) in [6.07, 6.45) is 7.68. The van der Waals surface area contributed by atoms with Crippen molar-refractivity contribution in [2.24, 2.45) is 5.92 Å². The van der Waals surface area contributed by atoms with E-state index in [0.29, 0.717) is 0 Å². The molecule has 2 unspecified atom stereocenters. The highest BCUT2D eigenvalue weighted by Crippen LogP contribution is 2.26. The van der Waals surface area contributed by atoms with Crippen molar-refractivity contribution in [3.8, 4) is 0 Å². The van der Waals surface area contributed by atoms with Crippen LogP contribution in [0.2, 0.25) is 0 Å². The van der Waals surface area contributed by atoms with Gasteiger partial charge in [0.2, 0.25) is 0 Å². The van der Waals surface area contributed by atoms with Crippen LogP contribution in [0.5, 0.6) is 0 Å². The predicted molar refractivity (Wildman–Crippen MR) is 69.8 cm³/mol. The summed E-state index contributed by atoms with van der Waals surface area (Å²) in [4.78, 5) is 2.41. The summed E-state index contributed by atoms with van der Waals surface area (Å²) < 4.78 is 5.11. The van der Waals surface area contributed by atoms with Gasteiger partial charge in [-0.3, -0.25) is 0 Å². The molecule has 0 spiro atoms. The first kappa shape index (κ1) is 12.7. The van der Waals surface area contributed by atoms with Crippen LogP contribution in [-0.4, -0.2) is 31.1 Å². The van der Waals surface area contributed by atoms with E-state index in [4.69, 9.17) is 4.42 Å². The Balaban J connectivity index is 1.79. The lowest BCUT2D eigenvalue weighted by atomic mass is 10.0. The van der Waals surface area contributed by atoms with E-state index in [0.717, 1.165) is 25.0 Å². The molecule has 1 fully saturated rings.